The SMILES string of the molecule is O.[Ca].[K].[Mg]. The van der Waals surface area contributed by atoms with E-state index < -0.39 is 0 Å². The Balaban J connectivity index is 0. The number of hydrogen-bond acceptors (Lipinski definition) is 0. The Morgan fingerprint density at radius 2 is 1.00 bits per heavy atom. The van der Waals surface area contributed by atoms with Gasteiger partial charge in [0.05, 0.1) is 0 Å². The average Bonchev–Trinajstić information content (AvgIpc) is 0. The average molecular weight is 121 g/mol. The van der Waals surface area contributed by atoms with E-state index in [0.717, 1.165) is 0 Å². The van der Waals surface area contributed by atoms with E-state index in [-0.39, 0.29) is 118 Å². The second-order valence-electron chi connectivity index (χ2n) is 0. The van der Waals surface area contributed by atoms with Crippen LogP contribution >= 0.6 is 0 Å². The van der Waals surface area contributed by atoms with E-state index in [9.17, 15) is 0 Å². The van der Waals surface area contributed by atoms with Crippen LogP contribution in [0.1, 0.15) is 0 Å². The van der Waals surface area contributed by atoms with Gasteiger partial charge < -0.3 is 5.48 Å². The molecule has 2 N–H and O–H groups in total. The Bertz CT molecular complexity index is 8.00. The standard InChI is InChI=1S/Ca.K.Mg.H2O/h;;;1H2. The predicted molar refractivity (Wildman–Crippen MR) is 20.9 cm³/mol. The van der Waals surface area contributed by atoms with Crippen molar-refractivity contribution in [2.45, 2.75) is 0 Å². The van der Waals surface area contributed by atoms with Gasteiger partial charge in [-0.25, -0.2) is 0 Å². The minimum Gasteiger partial charge on any atom is -0.412 e. The molecule has 0 amide bonds. The van der Waals surface area contributed by atoms with Gasteiger partial charge in [0.1, 0.15) is 0 Å². The van der Waals surface area contributed by atoms with Crippen LogP contribution in [0.5, 0.6) is 0 Å². The van der Waals surface area contributed by atoms with Crippen LogP contribution in [0.15, 0.2) is 0 Å². The molecule has 0 aliphatic heterocycles. The summed E-state index contributed by atoms with van der Waals surface area (Å²) in [6, 6.07) is 0. The Morgan fingerprint density at radius 1 is 1.00 bits per heavy atom. The Hall–Kier alpha value is 3.62. The second-order valence-corrected chi connectivity index (χ2v) is 0. The smallest absolute Gasteiger partial charge is 0 e. The van der Waals surface area contributed by atoms with Gasteiger partial charge in [0.25, 0.3) is 0 Å². The van der Waals surface area contributed by atoms with E-state index in [4.69, 9.17) is 0 Å². The first-order valence-corrected chi connectivity index (χ1v) is 0. The summed E-state index contributed by atoms with van der Waals surface area (Å²) in [5.41, 5.74) is 0. The molecule has 13 valence electrons. The van der Waals surface area contributed by atoms with Crippen LogP contribution in [-0.2, 0) is 0 Å². The maximum Gasteiger partial charge on any atom is 0 e. The molecule has 0 unspecified atom stereocenters. The molecule has 4 heavy (non-hydrogen) atoms. The Kier molecular flexibility index (Phi) is 102. The van der Waals surface area contributed by atoms with Crippen molar-refractivity contribution in [1.82, 2.24) is 0 Å². The fraction of sp³-hybridized carbons (Fsp3) is 0. The van der Waals surface area contributed by atoms with E-state index >= 15 is 0 Å². The van der Waals surface area contributed by atoms with Crippen LogP contribution in [-0.4, -0.2) is 118 Å². The third-order valence-corrected chi connectivity index (χ3v) is 0. The molecule has 0 aromatic rings. The summed E-state index contributed by atoms with van der Waals surface area (Å²) in [5, 5.41) is 0. The molecule has 0 aliphatic carbocycles. The molecular weight excluding hydrogens is 119 g/mol. The molecule has 0 heterocycles. The van der Waals surface area contributed by atoms with Crippen LogP contribution in [0.4, 0.5) is 0 Å². The summed E-state index contributed by atoms with van der Waals surface area (Å²) in [7, 11) is 0. The van der Waals surface area contributed by atoms with Crippen LogP contribution in [0, 0.1) is 0 Å². The Morgan fingerprint density at radius 3 is 1.00 bits per heavy atom. The van der Waals surface area contributed by atoms with Gasteiger partial charge in [-0.2, -0.15) is 0 Å². The van der Waals surface area contributed by atoms with Crippen molar-refractivity contribution >= 4 is 112 Å². The van der Waals surface area contributed by atoms with Crippen molar-refractivity contribution in [2.24, 2.45) is 0 Å². The molecule has 0 saturated carbocycles. The Labute approximate surface area is 114 Å². The van der Waals surface area contributed by atoms with Gasteiger partial charge >= 0.3 is 0 Å². The normalized spacial score (nSPS) is 0. The quantitative estimate of drug-likeness (QED) is 0.333. The molecule has 0 aliphatic rings. The van der Waals surface area contributed by atoms with Crippen LogP contribution in [0.3, 0.4) is 0 Å². The predicted octanol–water partition coefficient (Wildman–Crippen LogP) is -1.97. The first kappa shape index (κ1) is 25.5. The molecule has 0 saturated heterocycles. The maximum atomic E-state index is 0. The van der Waals surface area contributed by atoms with E-state index in [1.54, 1.807) is 0 Å². The third kappa shape index (κ3) is 9.16. The van der Waals surface area contributed by atoms with Gasteiger partial charge in [-0.3, -0.25) is 0 Å². The molecule has 0 aromatic carbocycles. The zero-order chi connectivity index (χ0) is 0. The molecule has 1 nitrogen and oxygen atoms in total. The number of hydrogen-bond donors (Lipinski definition) is 0. The molecule has 0 rings (SSSR count). The molecule has 0 fully saturated rings. The van der Waals surface area contributed by atoms with Crippen LogP contribution < -0.4 is 0 Å². The minimum absolute atomic E-state index is 0. The van der Waals surface area contributed by atoms with Gasteiger partial charge in [0.15, 0.2) is 0 Å². The first-order valence-electron chi connectivity index (χ1n) is 0. The molecule has 0 atom stereocenters. The molecule has 4 heteroatoms. The van der Waals surface area contributed by atoms with E-state index in [1.807, 2.05) is 0 Å². The van der Waals surface area contributed by atoms with Crippen LogP contribution in [0.2, 0.25) is 0 Å². The second kappa shape index (κ2) is 16.0. The van der Waals surface area contributed by atoms with Crippen molar-refractivity contribution in [3.05, 3.63) is 0 Å². The summed E-state index contributed by atoms with van der Waals surface area (Å²) < 4.78 is 0. The fourth-order valence-corrected chi connectivity index (χ4v) is 0. The summed E-state index contributed by atoms with van der Waals surface area (Å²) in [6.07, 6.45) is 0. The molecule has 5 radical (unpaired) electrons. The number of rotatable bonds is 0. The van der Waals surface area contributed by atoms with Gasteiger partial charge in [-0.1, -0.05) is 0 Å². The van der Waals surface area contributed by atoms with Gasteiger partial charge in [-0.05, 0) is 0 Å². The van der Waals surface area contributed by atoms with Gasteiger partial charge in [0.2, 0.25) is 0 Å². The monoisotopic (exact) mass is 121 g/mol. The van der Waals surface area contributed by atoms with Gasteiger partial charge in [-0.15, -0.1) is 0 Å². The van der Waals surface area contributed by atoms with Gasteiger partial charge in [0, 0.05) is 112 Å². The van der Waals surface area contributed by atoms with Crippen molar-refractivity contribution in [1.29, 1.82) is 0 Å². The summed E-state index contributed by atoms with van der Waals surface area (Å²) in [5.74, 6) is 0. The van der Waals surface area contributed by atoms with E-state index in [2.05, 4.69) is 0 Å². The summed E-state index contributed by atoms with van der Waals surface area (Å²) in [4.78, 5) is 0. The van der Waals surface area contributed by atoms with Crippen LogP contribution in [0.25, 0.3) is 0 Å². The van der Waals surface area contributed by atoms with Crippen molar-refractivity contribution in [2.75, 3.05) is 0 Å². The topological polar surface area (TPSA) is 31.5 Å². The van der Waals surface area contributed by atoms with E-state index in [0.29, 0.717) is 0 Å². The summed E-state index contributed by atoms with van der Waals surface area (Å²) >= 11 is 0. The zero-order valence-electron chi connectivity index (χ0n) is 2.91. The van der Waals surface area contributed by atoms with Crippen molar-refractivity contribution in [3.8, 4) is 0 Å². The molecule has 0 bridgehead atoms. The minimum atomic E-state index is 0. The fourth-order valence-electron chi connectivity index (χ4n) is 0. The zero-order valence-corrected chi connectivity index (χ0v) is 9.66. The first-order chi connectivity index (χ1) is 0. The molecule has 0 spiro atoms. The summed E-state index contributed by atoms with van der Waals surface area (Å²) in [6.45, 7) is 0. The maximum absolute atomic E-state index is 0. The largest absolute Gasteiger partial charge is 0.412 e. The van der Waals surface area contributed by atoms with E-state index in [1.165, 1.54) is 0 Å². The molecule has 0 aromatic heterocycles. The van der Waals surface area contributed by atoms with Crippen molar-refractivity contribution < 1.29 is 5.48 Å². The third-order valence-electron chi connectivity index (χ3n) is 0. The molecular formula is H2CaKMgO. The van der Waals surface area contributed by atoms with Crippen molar-refractivity contribution in [3.63, 3.8) is 0 Å².